The van der Waals surface area contributed by atoms with E-state index in [0.29, 0.717) is 6.54 Å². The van der Waals surface area contributed by atoms with Gasteiger partial charge in [-0.15, -0.1) is 0 Å². The topological polar surface area (TPSA) is 50.5 Å². The zero-order valence-electron chi connectivity index (χ0n) is 15.7. The Morgan fingerprint density at radius 1 is 1.28 bits per heavy atom. The van der Waals surface area contributed by atoms with Gasteiger partial charge in [-0.3, -0.25) is 9.58 Å². The van der Waals surface area contributed by atoms with Crippen LogP contribution in [-0.4, -0.2) is 39.5 Å². The highest BCUT2D eigenvalue weighted by Crippen LogP contribution is 2.35. The van der Waals surface area contributed by atoms with Crippen molar-refractivity contribution >= 4 is 0 Å². The van der Waals surface area contributed by atoms with Crippen molar-refractivity contribution in [3.63, 3.8) is 0 Å². The molecule has 0 saturated carbocycles. The van der Waals surface area contributed by atoms with Crippen molar-refractivity contribution in [2.24, 2.45) is 7.05 Å². The van der Waals surface area contributed by atoms with Gasteiger partial charge in [0.25, 0.3) is 0 Å². The number of rotatable bonds is 6. The summed E-state index contributed by atoms with van der Waals surface area (Å²) in [7, 11) is 3.72. The molecule has 0 amide bonds. The summed E-state index contributed by atoms with van der Waals surface area (Å²) >= 11 is 0. The van der Waals surface area contributed by atoms with Gasteiger partial charge in [-0.05, 0) is 37.0 Å². The maximum absolute atomic E-state index is 10.3. The Morgan fingerprint density at radius 2 is 2.08 bits per heavy atom. The van der Waals surface area contributed by atoms with Gasteiger partial charge in [0.15, 0.2) is 0 Å². The van der Waals surface area contributed by atoms with Gasteiger partial charge in [-0.1, -0.05) is 26.0 Å². The lowest BCUT2D eigenvalue weighted by Gasteiger charge is -2.25. The average molecular weight is 343 g/mol. The van der Waals surface area contributed by atoms with E-state index in [9.17, 15) is 5.11 Å². The van der Waals surface area contributed by atoms with E-state index in [2.05, 4.69) is 30.9 Å². The number of aliphatic hydroxyl groups excluding tert-OH is 1. The Bertz CT molecular complexity index is 726. The first-order valence-electron chi connectivity index (χ1n) is 9.17. The Labute approximate surface area is 150 Å². The summed E-state index contributed by atoms with van der Waals surface area (Å²) in [5.41, 5.74) is 5.00. The fourth-order valence-corrected chi connectivity index (χ4v) is 4.03. The van der Waals surface area contributed by atoms with Crippen molar-refractivity contribution in [1.82, 2.24) is 14.7 Å². The number of aryl methyl sites for hydroxylation is 2. The van der Waals surface area contributed by atoms with E-state index >= 15 is 0 Å². The van der Waals surface area contributed by atoms with Gasteiger partial charge in [0.1, 0.15) is 5.75 Å². The second-order valence-electron chi connectivity index (χ2n) is 6.81. The van der Waals surface area contributed by atoms with Crippen LogP contribution in [0.25, 0.3) is 0 Å². The summed E-state index contributed by atoms with van der Waals surface area (Å²) in [5.74, 6) is 0.865. The molecular formula is C20H29N3O2. The predicted octanol–water partition coefficient (Wildman–Crippen LogP) is 2.86. The number of nitrogens with zero attached hydrogens (tertiary/aromatic N) is 3. The first-order valence-corrected chi connectivity index (χ1v) is 9.17. The summed E-state index contributed by atoms with van der Waals surface area (Å²) in [5, 5.41) is 15.0. The Morgan fingerprint density at radius 3 is 2.76 bits per heavy atom. The van der Waals surface area contributed by atoms with Crippen LogP contribution in [0.3, 0.4) is 0 Å². The molecule has 3 rings (SSSR count). The molecule has 2 atom stereocenters. The van der Waals surface area contributed by atoms with Crippen LogP contribution in [0, 0.1) is 0 Å². The van der Waals surface area contributed by atoms with E-state index in [1.807, 2.05) is 23.9 Å². The lowest BCUT2D eigenvalue weighted by molar-refractivity contribution is 0.172. The third-order valence-corrected chi connectivity index (χ3v) is 5.25. The zero-order chi connectivity index (χ0) is 18.0. The van der Waals surface area contributed by atoms with Gasteiger partial charge in [-0.2, -0.15) is 5.10 Å². The number of aliphatic hydroxyl groups is 1. The maximum atomic E-state index is 10.3. The summed E-state index contributed by atoms with van der Waals surface area (Å²) < 4.78 is 7.39. The molecule has 1 aliphatic heterocycles. The maximum Gasteiger partial charge on any atom is 0.119 e. The molecule has 5 heteroatoms. The van der Waals surface area contributed by atoms with E-state index in [0.717, 1.165) is 31.6 Å². The quantitative estimate of drug-likeness (QED) is 0.876. The SMILES string of the molecule is CCc1nn(C)c(CC)c1CN1C[C@@H](O)C[C@H]1c1cccc(OC)c1. The van der Waals surface area contributed by atoms with Gasteiger partial charge in [0.2, 0.25) is 0 Å². The van der Waals surface area contributed by atoms with Gasteiger partial charge < -0.3 is 9.84 Å². The van der Waals surface area contributed by atoms with E-state index in [1.54, 1.807) is 7.11 Å². The molecule has 5 nitrogen and oxygen atoms in total. The molecule has 0 spiro atoms. The van der Waals surface area contributed by atoms with Crippen molar-refractivity contribution in [3.05, 3.63) is 46.8 Å². The van der Waals surface area contributed by atoms with Crippen molar-refractivity contribution < 1.29 is 9.84 Å². The number of aromatic nitrogens is 2. The normalized spacial score (nSPS) is 21.0. The highest BCUT2D eigenvalue weighted by Gasteiger charge is 2.33. The Balaban J connectivity index is 1.90. The van der Waals surface area contributed by atoms with Crippen molar-refractivity contribution in [2.75, 3.05) is 13.7 Å². The standard InChI is InChI=1S/C20H29N3O2/c1-5-18-17(19(6-2)22(3)21-18)13-23-12-15(24)11-20(23)14-8-7-9-16(10-14)25-4/h7-10,15,20,24H,5-6,11-13H2,1-4H3/t15-,20-/m0/s1. The second-order valence-corrected chi connectivity index (χ2v) is 6.81. The predicted molar refractivity (Wildman–Crippen MR) is 98.7 cm³/mol. The highest BCUT2D eigenvalue weighted by atomic mass is 16.5. The van der Waals surface area contributed by atoms with Gasteiger partial charge >= 0.3 is 0 Å². The lowest BCUT2D eigenvalue weighted by atomic mass is 10.0. The van der Waals surface area contributed by atoms with Gasteiger partial charge in [0, 0.05) is 37.4 Å². The molecule has 1 aliphatic rings. The first kappa shape index (κ1) is 18.0. The van der Waals surface area contributed by atoms with Crippen LogP contribution in [0.2, 0.25) is 0 Å². The monoisotopic (exact) mass is 343 g/mol. The molecule has 1 fully saturated rings. The number of ether oxygens (including phenoxy) is 1. The van der Waals surface area contributed by atoms with Crippen LogP contribution < -0.4 is 4.74 Å². The number of methoxy groups -OCH3 is 1. The summed E-state index contributed by atoms with van der Waals surface area (Å²) in [4.78, 5) is 2.38. The van der Waals surface area contributed by atoms with Crippen LogP contribution in [0.1, 0.15) is 48.8 Å². The van der Waals surface area contributed by atoms with Crippen molar-refractivity contribution in [3.8, 4) is 5.75 Å². The fraction of sp³-hybridized carbons (Fsp3) is 0.550. The van der Waals surface area contributed by atoms with E-state index in [-0.39, 0.29) is 12.1 Å². The van der Waals surface area contributed by atoms with E-state index < -0.39 is 0 Å². The summed E-state index contributed by atoms with van der Waals surface area (Å²) in [6.45, 7) is 5.87. The van der Waals surface area contributed by atoms with Crippen LogP contribution in [0.5, 0.6) is 5.75 Å². The molecule has 0 unspecified atom stereocenters. The number of likely N-dealkylation sites (tertiary alicyclic amines) is 1. The molecule has 2 heterocycles. The zero-order valence-corrected chi connectivity index (χ0v) is 15.7. The Hall–Kier alpha value is -1.85. The smallest absolute Gasteiger partial charge is 0.119 e. The molecule has 0 bridgehead atoms. The molecule has 1 aromatic heterocycles. The number of benzene rings is 1. The number of β-amino-alcohol motifs (C(OH)–C–C–N with tert-alkyl or cyclic N) is 1. The van der Waals surface area contributed by atoms with Crippen molar-refractivity contribution in [1.29, 1.82) is 0 Å². The third kappa shape index (κ3) is 3.58. The minimum Gasteiger partial charge on any atom is -0.497 e. The van der Waals surface area contributed by atoms with Gasteiger partial charge in [0.05, 0.1) is 18.9 Å². The molecule has 25 heavy (non-hydrogen) atoms. The number of hydrogen-bond donors (Lipinski definition) is 1. The highest BCUT2D eigenvalue weighted by molar-refractivity contribution is 5.32. The van der Waals surface area contributed by atoms with Gasteiger partial charge in [-0.25, -0.2) is 0 Å². The summed E-state index contributed by atoms with van der Waals surface area (Å²) in [6, 6.07) is 8.41. The minimum absolute atomic E-state index is 0.208. The van der Waals surface area contributed by atoms with E-state index in [1.165, 1.54) is 22.5 Å². The molecule has 0 aliphatic carbocycles. The fourth-order valence-electron chi connectivity index (χ4n) is 4.03. The van der Waals surface area contributed by atoms with Crippen LogP contribution in [-0.2, 0) is 26.4 Å². The van der Waals surface area contributed by atoms with Crippen molar-refractivity contribution in [2.45, 2.75) is 51.8 Å². The van der Waals surface area contributed by atoms with E-state index in [4.69, 9.17) is 9.84 Å². The first-order chi connectivity index (χ1) is 12.1. The Kier molecular flexibility index (Phi) is 5.45. The minimum atomic E-state index is -0.289. The molecule has 0 radical (unpaired) electrons. The second kappa shape index (κ2) is 7.58. The average Bonchev–Trinajstić information content (AvgIpc) is 3.14. The molecular weight excluding hydrogens is 314 g/mol. The molecule has 1 aromatic carbocycles. The van der Waals surface area contributed by atoms with Crippen LogP contribution in [0.4, 0.5) is 0 Å². The molecule has 1 N–H and O–H groups in total. The van der Waals surface area contributed by atoms with Crippen LogP contribution >= 0.6 is 0 Å². The lowest BCUT2D eigenvalue weighted by Crippen LogP contribution is -2.25. The number of hydrogen-bond acceptors (Lipinski definition) is 4. The molecule has 2 aromatic rings. The summed E-state index contributed by atoms with van der Waals surface area (Å²) in [6.07, 6.45) is 2.38. The van der Waals surface area contributed by atoms with Crippen LogP contribution in [0.15, 0.2) is 24.3 Å². The molecule has 1 saturated heterocycles. The molecule has 136 valence electrons. The third-order valence-electron chi connectivity index (χ3n) is 5.25. The largest absolute Gasteiger partial charge is 0.497 e.